The molecule has 1 aromatic carbocycles. The summed E-state index contributed by atoms with van der Waals surface area (Å²) in [4.78, 5) is 0. The monoisotopic (exact) mass is 280 g/mol. The van der Waals surface area contributed by atoms with Crippen LogP contribution in [0, 0.1) is 41.9 Å². The van der Waals surface area contributed by atoms with Crippen LogP contribution in [0.2, 0.25) is 0 Å². The summed E-state index contributed by atoms with van der Waals surface area (Å²) in [5.41, 5.74) is 2.99. The van der Waals surface area contributed by atoms with Crippen LogP contribution in [-0.4, -0.2) is 6.04 Å². The van der Waals surface area contributed by atoms with Crippen LogP contribution in [0.3, 0.4) is 0 Å². The molecule has 0 heterocycles. The summed E-state index contributed by atoms with van der Waals surface area (Å²) in [6.07, 6.45) is 8.44. The van der Waals surface area contributed by atoms with Crippen molar-refractivity contribution in [2.75, 3.05) is 5.32 Å². The molecule has 0 spiro atoms. The molecule has 2 heteroatoms. The molecule has 5 atom stereocenters. The molecular weight excluding hydrogens is 256 g/mol. The second-order valence-corrected chi connectivity index (χ2v) is 7.47. The average molecular weight is 280 g/mol. The molecule has 4 rings (SSSR count). The highest BCUT2D eigenvalue weighted by molar-refractivity contribution is 5.53. The predicted octanol–water partition coefficient (Wildman–Crippen LogP) is 4.49. The van der Waals surface area contributed by atoms with Crippen LogP contribution in [-0.2, 0) is 0 Å². The third-order valence-electron chi connectivity index (χ3n) is 6.34. The summed E-state index contributed by atoms with van der Waals surface area (Å²) < 4.78 is 0. The molecule has 110 valence electrons. The maximum atomic E-state index is 9.16. The Labute approximate surface area is 127 Å². The molecule has 2 unspecified atom stereocenters. The van der Waals surface area contributed by atoms with Crippen molar-refractivity contribution < 1.29 is 0 Å². The van der Waals surface area contributed by atoms with E-state index in [1.54, 1.807) is 0 Å². The van der Waals surface area contributed by atoms with Crippen LogP contribution in [0.25, 0.3) is 0 Å². The minimum atomic E-state index is 0.597. The fourth-order valence-electron chi connectivity index (χ4n) is 5.07. The van der Waals surface area contributed by atoms with Crippen molar-refractivity contribution in [1.29, 1.82) is 5.26 Å². The molecule has 3 aliphatic rings. The van der Waals surface area contributed by atoms with Gasteiger partial charge < -0.3 is 5.32 Å². The Morgan fingerprint density at radius 2 is 1.76 bits per heavy atom. The summed E-state index contributed by atoms with van der Waals surface area (Å²) in [6.45, 7) is 2.00. The molecule has 1 aromatic rings. The molecule has 3 aliphatic carbocycles. The second kappa shape index (κ2) is 5.05. The van der Waals surface area contributed by atoms with Gasteiger partial charge >= 0.3 is 0 Å². The van der Waals surface area contributed by atoms with Crippen molar-refractivity contribution in [1.82, 2.24) is 0 Å². The molecule has 0 radical (unpaired) electrons. The Balaban J connectivity index is 1.43. The van der Waals surface area contributed by atoms with Gasteiger partial charge in [-0.05, 0) is 86.8 Å². The normalized spacial score (nSPS) is 37.0. The van der Waals surface area contributed by atoms with E-state index in [0.717, 1.165) is 40.5 Å². The van der Waals surface area contributed by atoms with E-state index in [1.165, 1.54) is 38.5 Å². The number of benzene rings is 1. The zero-order valence-electron chi connectivity index (χ0n) is 12.8. The van der Waals surface area contributed by atoms with Gasteiger partial charge in [0, 0.05) is 11.7 Å². The number of anilines is 1. The predicted molar refractivity (Wildman–Crippen MR) is 85.0 cm³/mol. The lowest BCUT2D eigenvalue weighted by Gasteiger charge is -2.60. The van der Waals surface area contributed by atoms with E-state index in [1.807, 2.05) is 13.0 Å². The van der Waals surface area contributed by atoms with Gasteiger partial charge in [-0.3, -0.25) is 0 Å². The minimum absolute atomic E-state index is 0.597. The van der Waals surface area contributed by atoms with Crippen molar-refractivity contribution >= 4 is 5.69 Å². The highest BCUT2D eigenvalue weighted by Gasteiger charge is 2.53. The molecule has 0 aliphatic heterocycles. The number of nitriles is 1. The Morgan fingerprint density at radius 3 is 2.38 bits per heavy atom. The molecule has 2 nitrogen and oxygen atoms in total. The van der Waals surface area contributed by atoms with E-state index in [0.29, 0.717) is 6.04 Å². The number of hydrogen-bond acceptors (Lipinski definition) is 2. The van der Waals surface area contributed by atoms with Gasteiger partial charge in [-0.2, -0.15) is 5.26 Å². The van der Waals surface area contributed by atoms with Crippen LogP contribution in [0.1, 0.15) is 49.7 Å². The minimum Gasteiger partial charge on any atom is -0.382 e. The fourth-order valence-corrected chi connectivity index (χ4v) is 5.07. The van der Waals surface area contributed by atoms with Crippen LogP contribution in [0.5, 0.6) is 0 Å². The van der Waals surface area contributed by atoms with Crippen LogP contribution in [0.4, 0.5) is 5.69 Å². The summed E-state index contributed by atoms with van der Waals surface area (Å²) in [5, 5.41) is 12.9. The van der Waals surface area contributed by atoms with Gasteiger partial charge in [-0.1, -0.05) is 6.07 Å². The topological polar surface area (TPSA) is 35.8 Å². The Bertz CT molecular complexity index is 568. The van der Waals surface area contributed by atoms with Crippen molar-refractivity contribution in [3.8, 4) is 6.07 Å². The van der Waals surface area contributed by atoms with Crippen LogP contribution < -0.4 is 5.32 Å². The van der Waals surface area contributed by atoms with E-state index in [9.17, 15) is 0 Å². The Morgan fingerprint density at radius 1 is 1.05 bits per heavy atom. The first-order valence-electron chi connectivity index (χ1n) is 8.52. The fraction of sp³-hybridized carbons (Fsp3) is 0.632. The summed E-state index contributed by atoms with van der Waals surface area (Å²) in [5.74, 6) is 4.28. The smallest absolute Gasteiger partial charge is 0.0995 e. The molecule has 3 fully saturated rings. The SMILES string of the molecule is Cc1ccc(N[C@@H]2CC[C@@H]3CC4C[C@H](CC2)C43)cc1C#N. The maximum absolute atomic E-state index is 9.16. The van der Waals surface area contributed by atoms with Gasteiger partial charge in [0.15, 0.2) is 0 Å². The average Bonchev–Trinajstić information content (AvgIpc) is 2.47. The first-order chi connectivity index (χ1) is 10.2. The standard InChI is InChI=1S/C19H24N2/c1-12-2-5-18(10-16(12)11-20)21-17-6-3-13-8-15-9-14(4-7-17)19(13)15/h2,5,10,13-15,17,19,21H,3-4,6-9H2,1H3/t13-,14+,15?,17-,19?. The van der Waals surface area contributed by atoms with Gasteiger partial charge in [0.1, 0.15) is 0 Å². The first kappa shape index (κ1) is 13.2. The van der Waals surface area contributed by atoms with Crippen molar-refractivity contribution in [3.05, 3.63) is 29.3 Å². The Kier molecular flexibility index (Phi) is 3.17. The van der Waals surface area contributed by atoms with Gasteiger partial charge in [0.05, 0.1) is 11.6 Å². The first-order valence-corrected chi connectivity index (χ1v) is 8.52. The number of aryl methyl sites for hydroxylation is 1. The van der Waals surface area contributed by atoms with E-state index in [4.69, 9.17) is 5.26 Å². The van der Waals surface area contributed by atoms with Crippen LogP contribution >= 0.6 is 0 Å². The molecule has 0 amide bonds. The molecule has 0 bridgehead atoms. The number of rotatable bonds is 2. The summed E-state index contributed by atoms with van der Waals surface area (Å²) in [6, 6.07) is 9.08. The van der Waals surface area contributed by atoms with Gasteiger partial charge in [-0.15, -0.1) is 0 Å². The molecule has 0 aromatic heterocycles. The number of hydrogen-bond donors (Lipinski definition) is 1. The van der Waals surface area contributed by atoms with E-state index in [-0.39, 0.29) is 0 Å². The highest BCUT2D eigenvalue weighted by Crippen LogP contribution is 2.61. The highest BCUT2D eigenvalue weighted by atomic mass is 14.9. The number of nitrogens with one attached hydrogen (secondary N) is 1. The van der Waals surface area contributed by atoms with Crippen molar-refractivity contribution in [2.24, 2.45) is 23.7 Å². The molecule has 1 N–H and O–H groups in total. The molecule has 0 saturated heterocycles. The van der Waals surface area contributed by atoms with Gasteiger partial charge in [-0.25, -0.2) is 0 Å². The molecular formula is C19H24N2. The molecule has 3 saturated carbocycles. The number of nitrogens with zero attached hydrogens (tertiary/aromatic N) is 1. The lowest BCUT2D eigenvalue weighted by molar-refractivity contribution is -0.103. The second-order valence-electron chi connectivity index (χ2n) is 7.47. The Hall–Kier alpha value is -1.49. The summed E-state index contributed by atoms with van der Waals surface area (Å²) >= 11 is 0. The largest absolute Gasteiger partial charge is 0.382 e. The lowest BCUT2D eigenvalue weighted by Crippen LogP contribution is -2.52. The van der Waals surface area contributed by atoms with E-state index in [2.05, 4.69) is 23.5 Å². The van der Waals surface area contributed by atoms with Crippen molar-refractivity contribution in [2.45, 2.75) is 51.5 Å². The third-order valence-corrected chi connectivity index (χ3v) is 6.34. The quantitative estimate of drug-likeness (QED) is 0.866. The van der Waals surface area contributed by atoms with Crippen LogP contribution in [0.15, 0.2) is 18.2 Å². The zero-order chi connectivity index (χ0) is 14.4. The summed E-state index contributed by atoms with van der Waals surface area (Å²) in [7, 11) is 0. The maximum Gasteiger partial charge on any atom is 0.0995 e. The van der Waals surface area contributed by atoms with E-state index < -0.39 is 0 Å². The van der Waals surface area contributed by atoms with Gasteiger partial charge in [0.2, 0.25) is 0 Å². The van der Waals surface area contributed by atoms with Crippen molar-refractivity contribution in [3.63, 3.8) is 0 Å². The molecule has 21 heavy (non-hydrogen) atoms. The lowest BCUT2D eigenvalue weighted by atomic mass is 9.45. The third kappa shape index (κ3) is 2.24. The zero-order valence-corrected chi connectivity index (χ0v) is 12.8. The van der Waals surface area contributed by atoms with E-state index >= 15 is 0 Å². The van der Waals surface area contributed by atoms with Gasteiger partial charge in [0.25, 0.3) is 0 Å².